The van der Waals surface area contributed by atoms with Crippen molar-refractivity contribution in [2.24, 2.45) is 0 Å². The van der Waals surface area contributed by atoms with Crippen molar-refractivity contribution in [2.45, 2.75) is 24.4 Å². The summed E-state index contributed by atoms with van der Waals surface area (Å²) >= 11 is 5.30. The van der Waals surface area contributed by atoms with Crippen molar-refractivity contribution < 1.29 is 24.1 Å². The van der Waals surface area contributed by atoms with Gasteiger partial charge in [0.25, 0.3) is 0 Å². The van der Waals surface area contributed by atoms with Crippen LogP contribution in [0.15, 0.2) is 0 Å². The van der Waals surface area contributed by atoms with Crippen LogP contribution in [0.1, 0.15) is 0 Å². The predicted molar refractivity (Wildman–Crippen MR) is 46.1 cm³/mol. The van der Waals surface area contributed by atoms with E-state index in [1.165, 1.54) is 0 Å². The third-order valence-corrected chi connectivity index (χ3v) is 2.59. The van der Waals surface area contributed by atoms with Crippen molar-refractivity contribution in [3.8, 4) is 0 Å². The number of halogens is 1. The summed E-state index contributed by atoms with van der Waals surface area (Å²) in [6.45, 7) is 0.485. The lowest BCUT2D eigenvalue weighted by molar-refractivity contribution is -0.150. The number of aliphatic hydroxyl groups excluding tert-OH is 1. The molecule has 1 N–H and O–H groups in total. The smallest absolute Gasteiger partial charge is 0.321 e. The highest BCUT2D eigenvalue weighted by atomic mass is 35.5. The summed E-state index contributed by atoms with van der Waals surface area (Å²) in [5.74, 6) is -0.679. The number of fused-ring (bicyclic) bond motifs is 1. The summed E-state index contributed by atoms with van der Waals surface area (Å²) in [5.41, 5.74) is 0. The molecule has 2 aliphatic heterocycles. The van der Waals surface area contributed by atoms with Crippen LogP contribution in [0.25, 0.3) is 0 Å². The average molecular weight is 223 g/mol. The number of carbonyl (C=O) groups is 1. The summed E-state index contributed by atoms with van der Waals surface area (Å²) in [4.78, 5) is 10.9. The first kappa shape index (κ1) is 10.2. The minimum Gasteiger partial charge on any atom is -0.456 e. The molecule has 0 aromatic heterocycles. The van der Waals surface area contributed by atoms with Crippen LogP contribution in [0.3, 0.4) is 0 Å². The molecule has 0 spiro atoms. The first-order valence-electron chi connectivity index (χ1n) is 4.39. The van der Waals surface area contributed by atoms with Crippen molar-refractivity contribution in [2.75, 3.05) is 19.1 Å². The molecule has 6 heteroatoms. The molecular weight excluding hydrogens is 212 g/mol. The summed E-state index contributed by atoms with van der Waals surface area (Å²) in [5, 5.41) is 9.39. The van der Waals surface area contributed by atoms with E-state index in [-0.39, 0.29) is 31.3 Å². The lowest BCUT2D eigenvalue weighted by Gasteiger charge is -2.15. The Morgan fingerprint density at radius 1 is 1.43 bits per heavy atom. The van der Waals surface area contributed by atoms with E-state index in [0.29, 0.717) is 0 Å². The van der Waals surface area contributed by atoms with Crippen molar-refractivity contribution in [1.29, 1.82) is 0 Å². The first-order valence-corrected chi connectivity index (χ1v) is 4.92. The number of hydrogen-bond acceptors (Lipinski definition) is 5. The van der Waals surface area contributed by atoms with Crippen LogP contribution < -0.4 is 0 Å². The van der Waals surface area contributed by atoms with Crippen LogP contribution in [0.4, 0.5) is 0 Å². The molecule has 2 fully saturated rings. The second-order valence-electron chi connectivity index (χ2n) is 3.33. The van der Waals surface area contributed by atoms with Crippen molar-refractivity contribution in [1.82, 2.24) is 0 Å². The Hall–Kier alpha value is -0.360. The van der Waals surface area contributed by atoms with Crippen LogP contribution in [0.5, 0.6) is 0 Å². The summed E-state index contributed by atoms with van der Waals surface area (Å²) < 4.78 is 15.5. The van der Waals surface area contributed by atoms with Gasteiger partial charge in [-0.2, -0.15) is 0 Å². The minimum atomic E-state index is -0.625. The molecule has 0 aliphatic carbocycles. The number of rotatable bonds is 2. The maximum Gasteiger partial charge on any atom is 0.321 e. The highest BCUT2D eigenvalue weighted by Crippen LogP contribution is 2.28. The molecule has 2 saturated heterocycles. The second kappa shape index (κ2) is 4.02. The molecule has 5 nitrogen and oxygen atoms in total. The van der Waals surface area contributed by atoms with Gasteiger partial charge in [0.05, 0.1) is 13.2 Å². The molecule has 0 bridgehead atoms. The molecule has 0 unspecified atom stereocenters. The Labute approximate surface area is 85.9 Å². The lowest BCUT2D eigenvalue weighted by Crippen LogP contribution is -2.34. The Bertz CT molecular complexity index is 234. The first-order chi connectivity index (χ1) is 6.72. The number of esters is 1. The number of carbonyl (C=O) groups excluding carboxylic acids is 1. The third kappa shape index (κ3) is 1.72. The molecule has 0 radical (unpaired) electrons. The van der Waals surface area contributed by atoms with Gasteiger partial charge in [0.15, 0.2) is 6.10 Å². The molecule has 80 valence electrons. The fourth-order valence-corrected chi connectivity index (χ4v) is 1.81. The molecule has 2 heterocycles. The Balaban J connectivity index is 1.93. The maximum atomic E-state index is 10.9. The molecular formula is C8H11ClO5. The third-order valence-electron chi connectivity index (χ3n) is 2.37. The number of hydrogen-bond donors (Lipinski definition) is 1. The van der Waals surface area contributed by atoms with Crippen LogP contribution in [-0.2, 0) is 19.0 Å². The van der Waals surface area contributed by atoms with Crippen molar-refractivity contribution in [3.05, 3.63) is 0 Å². The van der Waals surface area contributed by atoms with Crippen LogP contribution in [0.2, 0.25) is 0 Å². The Morgan fingerprint density at radius 3 is 2.86 bits per heavy atom. The van der Waals surface area contributed by atoms with Gasteiger partial charge in [-0.15, -0.1) is 11.6 Å². The number of aliphatic hydroxyl groups is 1. The molecule has 2 rings (SSSR count). The summed E-state index contributed by atoms with van der Waals surface area (Å²) in [6, 6.07) is 0. The molecule has 2 aliphatic rings. The quantitative estimate of drug-likeness (QED) is 0.494. The van der Waals surface area contributed by atoms with Crippen LogP contribution >= 0.6 is 11.6 Å². The van der Waals surface area contributed by atoms with Gasteiger partial charge in [-0.1, -0.05) is 0 Å². The van der Waals surface area contributed by atoms with E-state index in [4.69, 9.17) is 25.8 Å². The maximum absolute atomic E-state index is 10.9. The van der Waals surface area contributed by atoms with E-state index >= 15 is 0 Å². The van der Waals surface area contributed by atoms with Crippen molar-refractivity contribution in [3.63, 3.8) is 0 Å². The van der Waals surface area contributed by atoms with Gasteiger partial charge in [0.1, 0.15) is 24.2 Å². The van der Waals surface area contributed by atoms with E-state index in [1.54, 1.807) is 0 Å². The Kier molecular flexibility index (Phi) is 2.92. The molecule has 0 saturated carbocycles. The van der Waals surface area contributed by atoms with E-state index in [0.717, 1.165) is 0 Å². The number of alkyl halides is 1. The zero-order valence-corrected chi connectivity index (χ0v) is 8.14. The summed E-state index contributed by atoms with van der Waals surface area (Å²) in [6.07, 6.45) is -1.79. The standard InChI is InChI=1S/C8H11ClO5/c9-1-6(11)14-5-3-13-7-4(10)2-12-8(5)7/h4-5,7-8,10H,1-3H2/t4-,5+,7+,8+/m0/s1. The minimum absolute atomic E-state index is 0.184. The van der Waals surface area contributed by atoms with Gasteiger partial charge in [0.2, 0.25) is 0 Å². The highest BCUT2D eigenvalue weighted by Gasteiger charge is 2.48. The molecule has 0 aromatic rings. The zero-order valence-electron chi connectivity index (χ0n) is 7.39. The van der Waals surface area contributed by atoms with E-state index < -0.39 is 18.2 Å². The van der Waals surface area contributed by atoms with Gasteiger partial charge >= 0.3 is 5.97 Å². The van der Waals surface area contributed by atoms with Crippen LogP contribution in [-0.4, -0.2) is 54.6 Å². The highest BCUT2D eigenvalue weighted by molar-refractivity contribution is 6.26. The Morgan fingerprint density at radius 2 is 2.14 bits per heavy atom. The monoisotopic (exact) mass is 222 g/mol. The van der Waals surface area contributed by atoms with Crippen LogP contribution in [0, 0.1) is 0 Å². The fraction of sp³-hybridized carbons (Fsp3) is 0.875. The number of ether oxygens (including phenoxy) is 3. The largest absolute Gasteiger partial charge is 0.456 e. The average Bonchev–Trinajstić information content (AvgIpc) is 2.72. The molecule has 0 aromatic carbocycles. The SMILES string of the molecule is O=C(CCl)O[C@@H]1CO[C@H]2[C@@H]1OC[C@@H]2O. The van der Waals surface area contributed by atoms with Gasteiger partial charge < -0.3 is 19.3 Å². The van der Waals surface area contributed by atoms with Gasteiger partial charge in [-0.05, 0) is 0 Å². The summed E-state index contributed by atoms with van der Waals surface area (Å²) in [7, 11) is 0. The molecule has 14 heavy (non-hydrogen) atoms. The van der Waals surface area contributed by atoms with E-state index in [1.807, 2.05) is 0 Å². The second-order valence-corrected chi connectivity index (χ2v) is 3.59. The predicted octanol–water partition coefficient (Wildman–Crippen LogP) is -0.705. The lowest BCUT2D eigenvalue weighted by atomic mass is 10.1. The molecule has 4 atom stereocenters. The zero-order chi connectivity index (χ0) is 10.1. The molecule has 0 amide bonds. The topological polar surface area (TPSA) is 65.0 Å². The van der Waals surface area contributed by atoms with Crippen molar-refractivity contribution >= 4 is 17.6 Å². The fourth-order valence-electron chi connectivity index (χ4n) is 1.75. The van der Waals surface area contributed by atoms with Gasteiger partial charge in [-0.3, -0.25) is 4.79 Å². The van der Waals surface area contributed by atoms with E-state index in [2.05, 4.69) is 0 Å². The van der Waals surface area contributed by atoms with E-state index in [9.17, 15) is 9.90 Å². The van der Waals surface area contributed by atoms with Gasteiger partial charge in [0, 0.05) is 0 Å². The normalized spacial score (nSPS) is 41.0. The van der Waals surface area contributed by atoms with Gasteiger partial charge in [-0.25, -0.2) is 0 Å².